The van der Waals surface area contributed by atoms with E-state index in [1.807, 2.05) is 88.4 Å². The number of hydrogen-bond acceptors (Lipinski definition) is 4. The van der Waals surface area contributed by atoms with E-state index in [0.29, 0.717) is 30.5 Å². The zero-order valence-electron chi connectivity index (χ0n) is 23.5. The third-order valence-electron chi connectivity index (χ3n) is 8.97. The molecule has 2 fully saturated rings. The van der Waals surface area contributed by atoms with Crippen molar-refractivity contribution in [3.05, 3.63) is 71.8 Å². The van der Waals surface area contributed by atoms with Crippen LogP contribution in [0, 0.1) is 16.7 Å². The van der Waals surface area contributed by atoms with E-state index in [-0.39, 0.29) is 29.2 Å². The first-order valence-corrected chi connectivity index (χ1v) is 16.8. The van der Waals surface area contributed by atoms with Gasteiger partial charge < -0.3 is 0 Å². The molecule has 4 rings (SSSR count). The summed E-state index contributed by atoms with van der Waals surface area (Å²) in [5.41, 5.74) is 0.981. The number of sulfonamides is 2. The molecule has 0 radical (unpaired) electrons. The summed E-state index contributed by atoms with van der Waals surface area (Å²) < 4.78 is 62.1. The van der Waals surface area contributed by atoms with Gasteiger partial charge in [0, 0.05) is 23.2 Å². The van der Waals surface area contributed by atoms with Crippen molar-refractivity contribution < 1.29 is 16.8 Å². The predicted octanol–water partition coefficient (Wildman–Crippen LogP) is 6.02. The molecule has 2 aliphatic carbocycles. The Labute approximate surface area is 229 Å². The highest BCUT2D eigenvalue weighted by atomic mass is 32.2. The van der Waals surface area contributed by atoms with Crippen LogP contribution in [0.2, 0.25) is 0 Å². The Kier molecular flexibility index (Phi) is 8.01. The molecule has 6 nitrogen and oxygen atoms in total. The molecule has 38 heavy (non-hydrogen) atoms. The van der Waals surface area contributed by atoms with Crippen molar-refractivity contribution in [2.45, 2.75) is 84.6 Å². The summed E-state index contributed by atoms with van der Waals surface area (Å²) in [6.07, 6.45) is 2.35. The van der Waals surface area contributed by atoms with Crippen molar-refractivity contribution in [2.24, 2.45) is 21.1 Å². The van der Waals surface area contributed by atoms with Crippen LogP contribution < -0.4 is 0 Å². The lowest BCUT2D eigenvalue weighted by Crippen LogP contribution is -2.50. The van der Waals surface area contributed by atoms with E-state index in [1.54, 1.807) is 4.31 Å². The molecule has 2 aliphatic rings. The predicted molar refractivity (Wildman–Crippen MR) is 155 cm³/mol. The van der Waals surface area contributed by atoms with Crippen molar-refractivity contribution in [3.8, 4) is 0 Å². The highest BCUT2D eigenvalue weighted by Gasteiger charge is 2.64. The molecule has 0 saturated heterocycles. The van der Waals surface area contributed by atoms with Gasteiger partial charge in [0.05, 0.1) is 5.75 Å². The SMILES string of the molecule is CC(C)N(C(C)C)S(=O)(=O)C[C@]12CC[C@H](C/C1=N\S(=O)(=O)[C@H](Cc1ccccc1)c1ccccc1)C2(C)C. The Morgan fingerprint density at radius 2 is 1.45 bits per heavy atom. The van der Waals surface area contributed by atoms with Gasteiger partial charge in [-0.2, -0.15) is 8.70 Å². The van der Waals surface area contributed by atoms with E-state index in [9.17, 15) is 16.8 Å². The van der Waals surface area contributed by atoms with Gasteiger partial charge >= 0.3 is 0 Å². The Morgan fingerprint density at radius 3 is 1.97 bits per heavy atom. The van der Waals surface area contributed by atoms with E-state index in [2.05, 4.69) is 18.2 Å². The van der Waals surface area contributed by atoms with Gasteiger partial charge in [0.2, 0.25) is 10.0 Å². The van der Waals surface area contributed by atoms with Crippen LogP contribution in [0.4, 0.5) is 0 Å². The first-order chi connectivity index (χ1) is 17.7. The van der Waals surface area contributed by atoms with Crippen LogP contribution in [0.3, 0.4) is 0 Å². The van der Waals surface area contributed by atoms with Crippen LogP contribution in [-0.2, 0) is 26.5 Å². The molecule has 8 heteroatoms. The Hall–Kier alpha value is -2.03. The van der Waals surface area contributed by atoms with Crippen LogP contribution in [0.15, 0.2) is 65.1 Å². The van der Waals surface area contributed by atoms with Gasteiger partial charge in [0.25, 0.3) is 10.0 Å². The number of nitrogens with zero attached hydrogens (tertiary/aromatic N) is 2. The van der Waals surface area contributed by atoms with E-state index in [0.717, 1.165) is 12.0 Å². The molecule has 3 atom stereocenters. The van der Waals surface area contributed by atoms with E-state index in [4.69, 9.17) is 0 Å². The zero-order chi connectivity index (χ0) is 27.9. The molecule has 2 bridgehead atoms. The standard InChI is InChI=1S/C30H42N2O4S2/c1-22(2)32(23(3)4)37(33,34)21-30-18-17-26(29(30,5)6)20-28(30)31-38(35,36)27(25-15-11-8-12-16-25)19-24-13-9-7-10-14-24/h7-16,22-23,26-27H,17-21H2,1-6H3/b31-28+/t26-,27-,30-/m1/s1. The normalized spacial score (nSPS) is 25.1. The first-order valence-electron chi connectivity index (χ1n) is 13.6. The number of rotatable bonds is 10. The van der Waals surface area contributed by atoms with Crippen molar-refractivity contribution >= 4 is 25.8 Å². The minimum absolute atomic E-state index is 0.108. The van der Waals surface area contributed by atoms with E-state index < -0.39 is 30.7 Å². The topological polar surface area (TPSA) is 83.9 Å². The lowest BCUT2D eigenvalue weighted by Gasteiger charge is -2.41. The van der Waals surface area contributed by atoms with E-state index in [1.165, 1.54) is 0 Å². The fraction of sp³-hybridized carbons (Fsp3) is 0.567. The monoisotopic (exact) mass is 558 g/mol. The largest absolute Gasteiger partial charge is 0.260 e. The second-order valence-electron chi connectivity index (χ2n) is 12.2. The second kappa shape index (κ2) is 10.5. The van der Waals surface area contributed by atoms with Crippen molar-refractivity contribution in [2.75, 3.05) is 5.75 Å². The quantitative estimate of drug-likeness (QED) is 0.357. The summed E-state index contributed by atoms with van der Waals surface area (Å²) in [5.74, 6) is 0.102. The molecule has 0 unspecified atom stereocenters. The van der Waals surface area contributed by atoms with Gasteiger partial charge in [-0.3, -0.25) is 0 Å². The van der Waals surface area contributed by atoms with Crippen LogP contribution in [0.25, 0.3) is 0 Å². The van der Waals surface area contributed by atoms with E-state index >= 15 is 0 Å². The highest BCUT2D eigenvalue weighted by molar-refractivity contribution is 7.90. The summed E-state index contributed by atoms with van der Waals surface area (Å²) in [4.78, 5) is 0. The third kappa shape index (κ3) is 5.24. The average molecular weight is 559 g/mol. The number of fused-ring (bicyclic) bond motifs is 2. The third-order valence-corrected chi connectivity index (χ3v) is 12.9. The molecule has 0 spiro atoms. The zero-order valence-corrected chi connectivity index (χ0v) is 25.1. The van der Waals surface area contributed by atoms with Gasteiger partial charge in [-0.15, -0.1) is 0 Å². The Balaban J connectivity index is 1.79. The molecule has 2 saturated carbocycles. The Bertz CT molecular complexity index is 1360. The summed E-state index contributed by atoms with van der Waals surface area (Å²) in [6, 6.07) is 18.4. The van der Waals surface area contributed by atoms with Crippen molar-refractivity contribution in [1.29, 1.82) is 0 Å². The molecule has 208 valence electrons. The summed E-state index contributed by atoms with van der Waals surface area (Å²) in [6.45, 7) is 11.8. The van der Waals surface area contributed by atoms with Gasteiger partial charge in [0.1, 0.15) is 5.25 Å². The summed E-state index contributed by atoms with van der Waals surface area (Å²) in [7, 11) is -7.67. The fourth-order valence-electron chi connectivity index (χ4n) is 7.00. The molecule has 2 aromatic rings. The van der Waals surface area contributed by atoms with Crippen LogP contribution >= 0.6 is 0 Å². The van der Waals surface area contributed by atoms with Gasteiger partial charge in [-0.25, -0.2) is 16.8 Å². The maximum Gasteiger partial charge on any atom is 0.260 e. The molecule has 2 aromatic carbocycles. The fourth-order valence-corrected chi connectivity index (χ4v) is 11.3. The average Bonchev–Trinajstić information content (AvgIpc) is 3.17. The lowest BCUT2D eigenvalue weighted by atomic mass is 9.70. The first kappa shape index (κ1) is 29.0. The smallest absolute Gasteiger partial charge is 0.212 e. The van der Waals surface area contributed by atoms with Crippen molar-refractivity contribution in [3.63, 3.8) is 0 Å². The molecule has 0 aliphatic heterocycles. The molecule has 0 N–H and O–H groups in total. The molecule has 0 heterocycles. The Morgan fingerprint density at radius 1 is 0.895 bits per heavy atom. The molecular weight excluding hydrogens is 516 g/mol. The summed E-state index contributed by atoms with van der Waals surface area (Å²) >= 11 is 0. The summed E-state index contributed by atoms with van der Waals surface area (Å²) in [5, 5.41) is -0.850. The maximum absolute atomic E-state index is 14.1. The van der Waals surface area contributed by atoms with Gasteiger partial charge in [-0.1, -0.05) is 74.5 Å². The molecule has 0 aromatic heterocycles. The lowest BCUT2D eigenvalue weighted by molar-refractivity contribution is 0.191. The highest BCUT2D eigenvalue weighted by Crippen LogP contribution is 2.65. The van der Waals surface area contributed by atoms with Gasteiger partial charge in [0.15, 0.2) is 0 Å². The number of hydrogen-bond donors (Lipinski definition) is 0. The van der Waals surface area contributed by atoms with Crippen LogP contribution in [0.5, 0.6) is 0 Å². The molecule has 0 amide bonds. The van der Waals surface area contributed by atoms with Crippen molar-refractivity contribution in [1.82, 2.24) is 4.31 Å². The maximum atomic E-state index is 14.1. The molecular formula is C30H42N2O4S2. The van der Waals surface area contributed by atoms with Crippen LogP contribution in [0.1, 0.15) is 77.2 Å². The van der Waals surface area contributed by atoms with Gasteiger partial charge in [-0.05, 0) is 75.8 Å². The van der Waals surface area contributed by atoms with Crippen LogP contribution in [-0.4, -0.2) is 44.7 Å². The minimum atomic E-state index is -4.00. The number of benzene rings is 2. The minimum Gasteiger partial charge on any atom is -0.212 e. The second-order valence-corrected chi connectivity index (χ2v) is 15.8.